The van der Waals surface area contributed by atoms with Gasteiger partial charge >= 0.3 is 0 Å². The summed E-state index contributed by atoms with van der Waals surface area (Å²) in [5.74, 6) is -0.274. The molecule has 1 fully saturated rings. The minimum Gasteiger partial charge on any atom is -0.495 e. The molecule has 1 N–H and O–H groups in total. The molecule has 1 saturated heterocycles. The van der Waals surface area contributed by atoms with Crippen LogP contribution >= 0.6 is 11.6 Å². The largest absolute Gasteiger partial charge is 0.495 e. The van der Waals surface area contributed by atoms with E-state index in [2.05, 4.69) is 5.32 Å². The second-order valence-corrected chi connectivity index (χ2v) is 11.0. The van der Waals surface area contributed by atoms with Crippen LogP contribution in [-0.2, 0) is 26.0 Å². The first-order chi connectivity index (χ1) is 16.2. The molecule has 2 aromatic carbocycles. The van der Waals surface area contributed by atoms with Gasteiger partial charge in [-0.25, -0.2) is 8.42 Å². The van der Waals surface area contributed by atoms with E-state index in [0.29, 0.717) is 42.4 Å². The lowest BCUT2D eigenvalue weighted by atomic mass is 9.98. The Bertz CT molecular complexity index is 1220. The first-order valence-electron chi connectivity index (χ1n) is 11.3. The van der Waals surface area contributed by atoms with Crippen molar-refractivity contribution >= 4 is 44.8 Å². The van der Waals surface area contributed by atoms with E-state index in [1.165, 1.54) is 18.3 Å². The quantitative estimate of drug-likeness (QED) is 0.668. The van der Waals surface area contributed by atoms with Gasteiger partial charge in [0.1, 0.15) is 5.75 Å². The Kier molecular flexibility index (Phi) is 7.16. The van der Waals surface area contributed by atoms with E-state index in [1.807, 2.05) is 0 Å². The highest BCUT2D eigenvalue weighted by Crippen LogP contribution is 2.32. The van der Waals surface area contributed by atoms with E-state index in [1.54, 1.807) is 41.3 Å². The fraction of sp³-hybridized carbons (Fsp3) is 0.417. The van der Waals surface area contributed by atoms with E-state index in [0.717, 1.165) is 24.1 Å². The maximum Gasteiger partial charge on any atom is 0.243 e. The molecule has 0 radical (unpaired) electrons. The molecule has 0 unspecified atom stereocenters. The SMILES string of the molecule is COc1ccc(NC(=O)[C@H]2CCCN(S(=O)(=O)c3ccc4c(c3)CCCN4C(C)=O)C2)cc1Cl. The van der Waals surface area contributed by atoms with Gasteiger partial charge in [0.05, 0.1) is 22.9 Å². The van der Waals surface area contributed by atoms with Crippen molar-refractivity contribution in [2.24, 2.45) is 5.92 Å². The Labute approximate surface area is 204 Å². The number of halogens is 1. The molecule has 2 aromatic rings. The number of amides is 2. The Balaban J connectivity index is 1.49. The predicted octanol–water partition coefficient (Wildman–Crippen LogP) is 3.69. The van der Waals surface area contributed by atoms with E-state index < -0.39 is 15.9 Å². The maximum absolute atomic E-state index is 13.4. The third-order valence-electron chi connectivity index (χ3n) is 6.36. The standard InChI is InChI=1S/C24H28ClN3O5S/c1-16(29)28-12-4-5-17-13-20(8-9-22(17)28)34(31,32)27-11-3-6-18(15-27)24(30)26-19-7-10-23(33-2)21(25)14-19/h7-10,13-14,18H,3-6,11-12,15H2,1-2H3,(H,26,30)/t18-/m0/s1. The van der Waals surface area contributed by atoms with Crippen LogP contribution in [0.3, 0.4) is 0 Å². The summed E-state index contributed by atoms with van der Waals surface area (Å²) in [5.41, 5.74) is 2.15. The number of benzene rings is 2. The second-order valence-electron chi connectivity index (χ2n) is 8.61. The van der Waals surface area contributed by atoms with E-state index >= 15 is 0 Å². The van der Waals surface area contributed by atoms with Crippen molar-refractivity contribution in [3.05, 3.63) is 47.0 Å². The second kappa shape index (κ2) is 9.93. The smallest absolute Gasteiger partial charge is 0.243 e. The predicted molar refractivity (Wildman–Crippen MR) is 131 cm³/mol. The number of ether oxygens (including phenoxy) is 1. The molecular formula is C24H28ClN3O5S. The minimum absolute atomic E-state index is 0.0559. The van der Waals surface area contributed by atoms with Crippen molar-refractivity contribution < 1.29 is 22.7 Å². The van der Waals surface area contributed by atoms with Crippen LogP contribution in [0.5, 0.6) is 5.75 Å². The minimum atomic E-state index is -3.78. The molecule has 182 valence electrons. The summed E-state index contributed by atoms with van der Waals surface area (Å²) in [7, 11) is -2.26. The summed E-state index contributed by atoms with van der Waals surface area (Å²) in [6.45, 7) is 2.61. The lowest BCUT2D eigenvalue weighted by Gasteiger charge is -2.32. The molecule has 2 amide bonds. The number of rotatable bonds is 5. The van der Waals surface area contributed by atoms with Gasteiger partial charge in [-0.2, -0.15) is 4.31 Å². The molecular weight excluding hydrogens is 478 g/mol. The number of carbonyl (C=O) groups is 2. The van der Waals surface area contributed by atoms with Crippen molar-refractivity contribution in [2.45, 2.75) is 37.5 Å². The van der Waals surface area contributed by atoms with Crippen LogP contribution in [0.4, 0.5) is 11.4 Å². The fourth-order valence-corrected chi connectivity index (χ4v) is 6.41. The average molecular weight is 506 g/mol. The monoisotopic (exact) mass is 505 g/mol. The Morgan fingerprint density at radius 3 is 2.62 bits per heavy atom. The third kappa shape index (κ3) is 4.92. The number of anilines is 2. The van der Waals surface area contributed by atoms with Gasteiger partial charge in [-0.15, -0.1) is 0 Å². The number of hydrogen-bond acceptors (Lipinski definition) is 5. The van der Waals surface area contributed by atoms with E-state index in [-0.39, 0.29) is 23.3 Å². The number of fused-ring (bicyclic) bond motifs is 1. The number of piperidine rings is 1. The number of methoxy groups -OCH3 is 1. The molecule has 2 heterocycles. The Hall–Kier alpha value is -2.62. The molecule has 0 saturated carbocycles. The van der Waals surface area contributed by atoms with E-state index in [9.17, 15) is 18.0 Å². The Morgan fingerprint density at radius 1 is 1.12 bits per heavy atom. The third-order valence-corrected chi connectivity index (χ3v) is 8.52. The summed E-state index contributed by atoms with van der Waals surface area (Å²) in [6.07, 6.45) is 2.69. The summed E-state index contributed by atoms with van der Waals surface area (Å²) in [6, 6.07) is 9.90. The first kappa shape index (κ1) is 24.5. The van der Waals surface area contributed by atoms with Crippen molar-refractivity contribution in [1.29, 1.82) is 0 Å². The highest BCUT2D eigenvalue weighted by atomic mass is 35.5. The van der Waals surface area contributed by atoms with Crippen LogP contribution in [0, 0.1) is 5.92 Å². The molecule has 34 heavy (non-hydrogen) atoms. The molecule has 1 atom stereocenters. The molecule has 2 aliphatic heterocycles. The lowest BCUT2D eigenvalue weighted by Crippen LogP contribution is -2.43. The molecule has 2 aliphatic rings. The zero-order valence-electron chi connectivity index (χ0n) is 19.2. The van der Waals surface area contributed by atoms with Gasteiger partial charge < -0.3 is 15.0 Å². The topological polar surface area (TPSA) is 96.0 Å². The summed E-state index contributed by atoms with van der Waals surface area (Å²) in [4.78, 5) is 26.7. The van der Waals surface area contributed by atoms with Gasteiger partial charge in [0.25, 0.3) is 0 Å². The number of sulfonamides is 1. The molecule has 0 aromatic heterocycles. The van der Waals surface area contributed by atoms with Crippen LogP contribution in [0.1, 0.15) is 31.7 Å². The van der Waals surface area contributed by atoms with E-state index in [4.69, 9.17) is 16.3 Å². The van der Waals surface area contributed by atoms with Gasteiger partial charge in [-0.05, 0) is 67.6 Å². The van der Waals surface area contributed by atoms with Crippen LogP contribution < -0.4 is 15.0 Å². The lowest BCUT2D eigenvalue weighted by molar-refractivity contribution is -0.121. The van der Waals surface area contributed by atoms with Gasteiger partial charge in [0.2, 0.25) is 21.8 Å². The highest BCUT2D eigenvalue weighted by Gasteiger charge is 2.34. The number of carbonyl (C=O) groups excluding carboxylic acids is 2. The summed E-state index contributed by atoms with van der Waals surface area (Å²) < 4.78 is 33.3. The first-order valence-corrected chi connectivity index (χ1v) is 13.1. The average Bonchev–Trinajstić information content (AvgIpc) is 2.83. The van der Waals surface area contributed by atoms with Gasteiger partial charge in [0, 0.05) is 37.9 Å². The molecule has 0 spiro atoms. The van der Waals surface area contributed by atoms with Crippen LogP contribution in [0.2, 0.25) is 5.02 Å². The van der Waals surface area contributed by atoms with Crippen LogP contribution in [0.15, 0.2) is 41.3 Å². The van der Waals surface area contributed by atoms with Gasteiger partial charge in [-0.3, -0.25) is 9.59 Å². The summed E-state index contributed by atoms with van der Waals surface area (Å²) >= 11 is 6.14. The fourth-order valence-electron chi connectivity index (χ4n) is 4.57. The maximum atomic E-state index is 13.4. The van der Waals surface area contributed by atoms with Gasteiger partial charge in [0.15, 0.2) is 0 Å². The molecule has 10 heteroatoms. The van der Waals surface area contributed by atoms with Crippen molar-refractivity contribution in [2.75, 3.05) is 37.0 Å². The van der Waals surface area contributed by atoms with Crippen molar-refractivity contribution in [3.8, 4) is 5.75 Å². The number of hydrogen-bond donors (Lipinski definition) is 1. The normalized spacial score (nSPS) is 18.8. The zero-order valence-corrected chi connectivity index (χ0v) is 20.8. The summed E-state index contributed by atoms with van der Waals surface area (Å²) in [5, 5.41) is 3.21. The van der Waals surface area contributed by atoms with Crippen LogP contribution in [0.25, 0.3) is 0 Å². The number of aryl methyl sites for hydroxylation is 1. The molecule has 0 aliphatic carbocycles. The molecule has 8 nitrogen and oxygen atoms in total. The van der Waals surface area contributed by atoms with Crippen molar-refractivity contribution in [1.82, 2.24) is 4.31 Å². The van der Waals surface area contributed by atoms with Crippen molar-refractivity contribution in [3.63, 3.8) is 0 Å². The molecule has 0 bridgehead atoms. The molecule has 4 rings (SSSR count). The van der Waals surface area contributed by atoms with Crippen LogP contribution in [-0.4, -0.2) is 51.3 Å². The highest BCUT2D eigenvalue weighted by molar-refractivity contribution is 7.89. The zero-order chi connectivity index (χ0) is 24.5. The van der Waals surface area contributed by atoms with Gasteiger partial charge in [-0.1, -0.05) is 11.6 Å². The number of nitrogens with one attached hydrogen (secondary N) is 1. The Morgan fingerprint density at radius 2 is 1.91 bits per heavy atom. The number of nitrogens with zero attached hydrogens (tertiary/aromatic N) is 2.